The van der Waals surface area contributed by atoms with Crippen LogP contribution in [0, 0.1) is 5.92 Å². The van der Waals surface area contributed by atoms with Crippen molar-refractivity contribution >= 4 is 39.5 Å². The summed E-state index contributed by atoms with van der Waals surface area (Å²) in [6.45, 7) is 7.33. The fourth-order valence-corrected chi connectivity index (χ4v) is 15.8. The predicted octanol–water partition coefficient (Wildman–Crippen LogP) is 27.9. The molecule has 0 aliphatic carbocycles. The van der Waals surface area contributed by atoms with Crippen LogP contribution in [-0.4, -0.2) is 96.7 Å². The molecule has 0 aromatic carbocycles. The van der Waals surface area contributed by atoms with Gasteiger partial charge in [0.15, 0.2) is 12.2 Å². The average Bonchev–Trinajstić information content (AvgIpc) is 0.900. The zero-order valence-corrected chi connectivity index (χ0v) is 73.5. The third-order valence-corrected chi connectivity index (χ3v) is 23.2. The summed E-state index contributed by atoms with van der Waals surface area (Å²) in [5.74, 6) is -1.39. The van der Waals surface area contributed by atoms with Crippen molar-refractivity contribution in [1.82, 2.24) is 0 Å². The van der Waals surface area contributed by atoms with E-state index in [1.165, 1.54) is 308 Å². The molecule has 0 aromatic heterocycles. The lowest BCUT2D eigenvalue weighted by atomic mass is 10.0. The van der Waals surface area contributed by atoms with Gasteiger partial charge in [-0.2, -0.15) is 0 Å². The number of rotatable bonds is 90. The van der Waals surface area contributed by atoms with E-state index in [0.717, 1.165) is 96.3 Å². The van der Waals surface area contributed by atoms with Gasteiger partial charge in [-0.3, -0.25) is 37.3 Å². The highest BCUT2D eigenvalue weighted by atomic mass is 31.2. The molecule has 19 heteroatoms. The SMILES string of the molecule is CCCCCCCCCCCCCCCCCCCCCCCCC(=O)O[C@H](COC(=O)CCCCCCCCCCCCCCCCCCCCCCC)COP(=O)(O)OC[C@@H](O)COP(=O)(O)OC[C@@H](COC(=O)CCCCCCCCCC(C)C)OC(=O)CCCCCCCCCCCCCCCCCC. The van der Waals surface area contributed by atoms with Crippen molar-refractivity contribution in [3.05, 3.63) is 0 Å². The molecule has 17 nitrogen and oxygen atoms in total. The molecular formula is C90H176O17P2. The summed E-state index contributed by atoms with van der Waals surface area (Å²) in [7, 11) is -9.93. The summed E-state index contributed by atoms with van der Waals surface area (Å²) in [6, 6.07) is 0. The Hall–Kier alpha value is -1.94. The average molecular weight is 1590 g/mol. The zero-order valence-electron chi connectivity index (χ0n) is 71.7. The van der Waals surface area contributed by atoms with Crippen LogP contribution in [0.2, 0.25) is 0 Å². The molecule has 0 spiro atoms. The fourth-order valence-electron chi connectivity index (χ4n) is 14.2. The van der Waals surface area contributed by atoms with Crippen molar-refractivity contribution in [2.45, 2.75) is 509 Å². The molecule has 2 unspecified atom stereocenters. The Bertz CT molecular complexity index is 2070. The Morgan fingerprint density at radius 1 is 0.248 bits per heavy atom. The number of unbranched alkanes of at least 4 members (excludes halogenated alkanes) is 62. The van der Waals surface area contributed by atoms with E-state index >= 15 is 0 Å². The first kappa shape index (κ1) is 107. The molecule has 0 rings (SSSR count). The van der Waals surface area contributed by atoms with Gasteiger partial charge in [-0.05, 0) is 31.6 Å². The molecule has 0 amide bonds. The number of hydrogen-bond donors (Lipinski definition) is 3. The van der Waals surface area contributed by atoms with E-state index in [4.69, 9.17) is 37.0 Å². The van der Waals surface area contributed by atoms with Crippen molar-refractivity contribution in [2.24, 2.45) is 5.92 Å². The molecule has 0 bridgehead atoms. The summed E-state index contributed by atoms with van der Waals surface area (Å²) in [6.07, 6.45) is 78.1. The third kappa shape index (κ3) is 83.8. The number of carbonyl (C=O) groups is 4. The van der Waals surface area contributed by atoms with Crippen molar-refractivity contribution in [3.8, 4) is 0 Å². The normalized spacial score (nSPS) is 13.7. The van der Waals surface area contributed by atoms with Crippen molar-refractivity contribution in [2.75, 3.05) is 39.6 Å². The Morgan fingerprint density at radius 3 is 0.624 bits per heavy atom. The first-order valence-corrected chi connectivity index (χ1v) is 49.6. The van der Waals surface area contributed by atoms with E-state index < -0.39 is 97.5 Å². The Labute approximate surface area is 670 Å². The van der Waals surface area contributed by atoms with Crippen molar-refractivity contribution in [1.29, 1.82) is 0 Å². The minimum atomic E-state index is -4.97. The van der Waals surface area contributed by atoms with Crippen LogP contribution >= 0.6 is 15.6 Å². The molecule has 0 heterocycles. The molecule has 0 aromatic rings. The summed E-state index contributed by atoms with van der Waals surface area (Å²) in [5, 5.41) is 10.7. The topological polar surface area (TPSA) is 237 Å². The van der Waals surface area contributed by atoms with Gasteiger partial charge in [0.1, 0.15) is 19.3 Å². The van der Waals surface area contributed by atoms with Gasteiger partial charge in [-0.1, -0.05) is 439 Å². The van der Waals surface area contributed by atoms with Crippen LogP contribution in [0.5, 0.6) is 0 Å². The van der Waals surface area contributed by atoms with Gasteiger partial charge in [0, 0.05) is 25.7 Å². The van der Waals surface area contributed by atoms with Crippen LogP contribution in [-0.2, 0) is 65.4 Å². The zero-order chi connectivity index (χ0) is 79.7. The summed E-state index contributed by atoms with van der Waals surface area (Å²) >= 11 is 0. The van der Waals surface area contributed by atoms with Crippen LogP contribution in [0.1, 0.15) is 490 Å². The van der Waals surface area contributed by atoms with Crippen LogP contribution in [0.4, 0.5) is 0 Å². The van der Waals surface area contributed by atoms with E-state index in [1.54, 1.807) is 0 Å². The minimum absolute atomic E-state index is 0.108. The first-order chi connectivity index (χ1) is 53.0. The second kappa shape index (κ2) is 82.6. The molecule has 0 saturated heterocycles. The number of esters is 4. The number of aliphatic hydroxyl groups is 1. The number of hydrogen-bond acceptors (Lipinski definition) is 15. The van der Waals surface area contributed by atoms with Gasteiger partial charge in [0.25, 0.3) is 0 Å². The highest BCUT2D eigenvalue weighted by Gasteiger charge is 2.31. The number of aliphatic hydroxyl groups excluding tert-OH is 1. The lowest BCUT2D eigenvalue weighted by Gasteiger charge is -2.21. The molecule has 0 aliphatic heterocycles. The maximum absolute atomic E-state index is 13.2. The first-order valence-electron chi connectivity index (χ1n) is 46.6. The largest absolute Gasteiger partial charge is 0.472 e. The lowest BCUT2D eigenvalue weighted by molar-refractivity contribution is -0.161. The van der Waals surface area contributed by atoms with Crippen LogP contribution in [0.15, 0.2) is 0 Å². The molecule has 5 atom stereocenters. The van der Waals surface area contributed by atoms with Crippen LogP contribution < -0.4 is 0 Å². The summed E-state index contributed by atoms with van der Waals surface area (Å²) in [4.78, 5) is 73.3. The third-order valence-electron chi connectivity index (χ3n) is 21.3. The van der Waals surface area contributed by atoms with Gasteiger partial charge in [0.2, 0.25) is 0 Å². The molecule has 0 radical (unpaired) electrons. The Morgan fingerprint density at radius 2 is 0.422 bits per heavy atom. The number of carbonyl (C=O) groups excluding carboxylic acids is 4. The van der Waals surface area contributed by atoms with E-state index in [2.05, 4.69) is 34.6 Å². The molecule has 109 heavy (non-hydrogen) atoms. The highest BCUT2D eigenvalue weighted by Crippen LogP contribution is 2.45. The monoisotopic (exact) mass is 1590 g/mol. The van der Waals surface area contributed by atoms with E-state index in [0.29, 0.717) is 31.6 Å². The summed E-state index contributed by atoms with van der Waals surface area (Å²) < 4.78 is 69.0. The van der Waals surface area contributed by atoms with Crippen LogP contribution in [0.25, 0.3) is 0 Å². The molecular weight excluding hydrogens is 1410 g/mol. The minimum Gasteiger partial charge on any atom is -0.462 e. The van der Waals surface area contributed by atoms with Gasteiger partial charge in [0.05, 0.1) is 26.4 Å². The smallest absolute Gasteiger partial charge is 0.462 e. The van der Waals surface area contributed by atoms with E-state index in [-0.39, 0.29) is 25.7 Å². The molecule has 0 fully saturated rings. The highest BCUT2D eigenvalue weighted by molar-refractivity contribution is 7.47. The Kier molecular flexibility index (Phi) is 81.1. The van der Waals surface area contributed by atoms with Gasteiger partial charge >= 0.3 is 39.5 Å². The number of phosphoric ester groups is 2. The summed E-state index contributed by atoms with van der Waals surface area (Å²) in [5.41, 5.74) is 0. The van der Waals surface area contributed by atoms with Gasteiger partial charge < -0.3 is 33.8 Å². The van der Waals surface area contributed by atoms with Crippen molar-refractivity contribution < 1.29 is 80.2 Å². The second-order valence-corrected chi connectivity index (χ2v) is 35.7. The lowest BCUT2D eigenvalue weighted by Crippen LogP contribution is -2.30. The van der Waals surface area contributed by atoms with Crippen LogP contribution in [0.3, 0.4) is 0 Å². The predicted molar refractivity (Wildman–Crippen MR) is 451 cm³/mol. The maximum Gasteiger partial charge on any atom is 0.472 e. The maximum atomic E-state index is 13.2. The molecule has 0 aliphatic rings. The number of ether oxygens (including phenoxy) is 4. The van der Waals surface area contributed by atoms with Gasteiger partial charge in [-0.15, -0.1) is 0 Å². The van der Waals surface area contributed by atoms with E-state index in [1.807, 2.05) is 0 Å². The number of phosphoric acid groups is 2. The molecule has 648 valence electrons. The Balaban J connectivity index is 5.21. The van der Waals surface area contributed by atoms with Gasteiger partial charge in [-0.25, -0.2) is 9.13 Å². The quantitative estimate of drug-likeness (QED) is 0.0222. The second-order valence-electron chi connectivity index (χ2n) is 32.8. The fraction of sp³-hybridized carbons (Fsp3) is 0.956. The van der Waals surface area contributed by atoms with Crippen molar-refractivity contribution in [3.63, 3.8) is 0 Å². The van der Waals surface area contributed by atoms with E-state index in [9.17, 15) is 43.2 Å². The molecule has 0 saturated carbocycles. The molecule has 3 N–H and O–H groups in total. The standard InChI is InChI=1S/C90H176O17P2/c1-6-9-12-15-18-21-24-27-30-33-35-37-39-41-43-46-49-52-55-60-66-71-75-89(94)106-85(79-100-87(92)73-68-63-58-53-50-47-45-42-40-38-36-34-31-28-25-22-19-16-13-10-7-2)81-104-108(96,97)102-77-84(91)78-103-109(98,99)105-82-86(80-101-88(93)74-69-64-61-56-57-62-67-72-83(4)5)107-90(95)76-70-65-59-54-51-48-44-32-29-26-23-20-17-14-11-8-3/h83-86,91H,6-82H2,1-5H3,(H,96,97)(H,98,99)/t84-,85-,86-/m1/s1.